The van der Waals surface area contributed by atoms with Gasteiger partial charge in [0.2, 0.25) is 0 Å². The summed E-state index contributed by atoms with van der Waals surface area (Å²) in [7, 11) is 0. The molecule has 1 aliphatic rings. The highest BCUT2D eigenvalue weighted by atomic mass is 79.9. The van der Waals surface area contributed by atoms with Crippen LogP contribution >= 0.6 is 15.9 Å². The van der Waals surface area contributed by atoms with Crippen molar-refractivity contribution in [2.24, 2.45) is 5.10 Å². The third-order valence-corrected chi connectivity index (χ3v) is 4.53. The molecule has 0 spiro atoms. The van der Waals surface area contributed by atoms with Crippen molar-refractivity contribution in [3.05, 3.63) is 70.2 Å². The van der Waals surface area contributed by atoms with Gasteiger partial charge in [0, 0.05) is 4.47 Å². The summed E-state index contributed by atoms with van der Waals surface area (Å²) in [6, 6.07) is 14.2. The summed E-state index contributed by atoms with van der Waals surface area (Å²) in [5.74, 6) is -1.04. The maximum absolute atomic E-state index is 13.5. The fourth-order valence-corrected chi connectivity index (χ4v) is 2.97. The van der Waals surface area contributed by atoms with E-state index in [2.05, 4.69) is 21.0 Å². The standard InChI is InChI=1S/C17H12BrF3N2O2/c18-13-9-5-4-8-12(13)15(24)23-16(25,17(19,20)21)10-14(22-23)11-6-2-1-3-7-11/h1-9,25H,10H2/t16-/m0/s1. The molecule has 0 aliphatic carbocycles. The normalized spacial score (nSPS) is 20.5. The van der Waals surface area contributed by atoms with Gasteiger partial charge in [-0.3, -0.25) is 4.79 Å². The van der Waals surface area contributed by atoms with Gasteiger partial charge in [-0.1, -0.05) is 42.5 Å². The van der Waals surface area contributed by atoms with E-state index in [4.69, 9.17) is 0 Å². The molecule has 0 aromatic heterocycles. The molecule has 0 fully saturated rings. The van der Waals surface area contributed by atoms with Gasteiger partial charge in [0.25, 0.3) is 11.6 Å². The quantitative estimate of drug-likeness (QED) is 0.811. The molecule has 0 saturated heterocycles. The Bertz CT molecular complexity index is 839. The van der Waals surface area contributed by atoms with Crippen LogP contribution in [0.1, 0.15) is 22.3 Å². The lowest BCUT2D eigenvalue weighted by molar-refractivity contribution is -0.297. The number of carbonyl (C=O) groups excluding carboxylic acids is 1. The Hall–Kier alpha value is -2.19. The number of hydrogen-bond acceptors (Lipinski definition) is 3. The lowest BCUT2D eigenvalue weighted by Gasteiger charge is -2.32. The van der Waals surface area contributed by atoms with Crippen molar-refractivity contribution in [2.75, 3.05) is 0 Å². The highest BCUT2D eigenvalue weighted by Crippen LogP contribution is 2.42. The van der Waals surface area contributed by atoms with Crippen LogP contribution in [0.5, 0.6) is 0 Å². The van der Waals surface area contributed by atoms with Crippen LogP contribution in [0.3, 0.4) is 0 Å². The second kappa shape index (κ2) is 6.27. The minimum absolute atomic E-state index is 0.0131. The maximum atomic E-state index is 13.5. The molecule has 0 bridgehead atoms. The first kappa shape index (κ1) is 17.6. The van der Waals surface area contributed by atoms with Crippen molar-refractivity contribution in [3.63, 3.8) is 0 Å². The van der Waals surface area contributed by atoms with Crippen molar-refractivity contribution in [2.45, 2.75) is 18.3 Å². The molecule has 4 nitrogen and oxygen atoms in total. The van der Waals surface area contributed by atoms with E-state index in [1.54, 1.807) is 36.4 Å². The number of benzene rings is 2. The minimum Gasteiger partial charge on any atom is -0.362 e. The average molecular weight is 413 g/mol. The van der Waals surface area contributed by atoms with E-state index in [1.807, 2.05) is 0 Å². The number of hydrogen-bond donors (Lipinski definition) is 1. The predicted octanol–water partition coefficient (Wildman–Crippen LogP) is 3.95. The SMILES string of the molecule is O=C(c1ccccc1Br)N1N=C(c2ccccc2)C[C@]1(O)C(F)(F)F. The van der Waals surface area contributed by atoms with Crippen molar-refractivity contribution >= 4 is 27.5 Å². The molecule has 1 amide bonds. The largest absolute Gasteiger partial charge is 0.438 e. The third kappa shape index (κ3) is 3.07. The Kier molecular flexibility index (Phi) is 4.42. The highest BCUT2D eigenvalue weighted by Gasteiger charge is 2.63. The van der Waals surface area contributed by atoms with Crippen LogP contribution in [0.4, 0.5) is 13.2 Å². The second-order valence-corrected chi connectivity index (χ2v) is 6.36. The molecule has 0 radical (unpaired) electrons. The Morgan fingerprint density at radius 1 is 1.12 bits per heavy atom. The third-order valence-electron chi connectivity index (χ3n) is 3.84. The molecule has 2 aromatic rings. The zero-order valence-electron chi connectivity index (χ0n) is 12.7. The lowest BCUT2D eigenvalue weighted by atomic mass is 10.0. The number of amides is 1. The number of aliphatic hydroxyl groups is 1. The van der Waals surface area contributed by atoms with Crippen LogP contribution in [0.2, 0.25) is 0 Å². The lowest BCUT2D eigenvalue weighted by Crippen LogP contribution is -2.56. The van der Waals surface area contributed by atoms with E-state index in [-0.39, 0.29) is 16.3 Å². The van der Waals surface area contributed by atoms with Crippen molar-refractivity contribution in [3.8, 4) is 0 Å². The summed E-state index contributed by atoms with van der Waals surface area (Å²) in [6.07, 6.45) is -5.90. The minimum atomic E-state index is -5.07. The predicted molar refractivity (Wildman–Crippen MR) is 88.9 cm³/mol. The molecule has 3 rings (SSSR count). The Morgan fingerprint density at radius 3 is 2.32 bits per heavy atom. The Labute approximate surface area is 149 Å². The number of alkyl halides is 3. The molecule has 2 aromatic carbocycles. The van der Waals surface area contributed by atoms with Gasteiger partial charge in [0.05, 0.1) is 17.7 Å². The van der Waals surface area contributed by atoms with Gasteiger partial charge in [-0.05, 0) is 33.6 Å². The number of halogens is 4. The topological polar surface area (TPSA) is 52.9 Å². The molecule has 1 atom stereocenters. The zero-order chi connectivity index (χ0) is 18.2. The van der Waals surface area contributed by atoms with Crippen LogP contribution in [0.15, 0.2) is 64.2 Å². The fraction of sp³-hybridized carbons (Fsp3) is 0.176. The fourth-order valence-electron chi connectivity index (χ4n) is 2.52. The molecular weight excluding hydrogens is 401 g/mol. The van der Waals surface area contributed by atoms with Crippen LogP contribution in [0, 0.1) is 0 Å². The molecule has 130 valence electrons. The zero-order valence-corrected chi connectivity index (χ0v) is 14.3. The highest BCUT2D eigenvalue weighted by molar-refractivity contribution is 9.10. The van der Waals surface area contributed by atoms with Crippen LogP contribution in [-0.4, -0.2) is 33.6 Å². The molecule has 1 N–H and O–H groups in total. The molecular formula is C17H12BrF3N2O2. The van der Waals surface area contributed by atoms with E-state index in [1.165, 1.54) is 18.2 Å². The molecule has 1 aliphatic heterocycles. The van der Waals surface area contributed by atoms with Gasteiger partial charge >= 0.3 is 6.18 Å². The average Bonchev–Trinajstić information content (AvgIpc) is 2.94. The number of rotatable bonds is 2. The van der Waals surface area contributed by atoms with Gasteiger partial charge in [0.1, 0.15) is 0 Å². The molecule has 1 heterocycles. The van der Waals surface area contributed by atoms with Crippen molar-refractivity contribution in [1.29, 1.82) is 0 Å². The first-order valence-corrected chi connectivity index (χ1v) is 8.04. The van der Waals surface area contributed by atoms with Crippen molar-refractivity contribution < 1.29 is 23.1 Å². The molecule has 0 saturated carbocycles. The number of nitrogens with zero attached hydrogens (tertiary/aromatic N) is 2. The molecule has 8 heteroatoms. The van der Waals surface area contributed by atoms with Crippen LogP contribution in [-0.2, 0) is 0 Å². The Morgan fingerprint density at radius 2 is 1.72 bits per heavy atom. The smallest absolute Gasteiger partial charge is 0.362 e. The second-order valence-electron chi connectivity index (χ2n) is 5.50. The van der Waals surface area contributed by atoms with Gasteiger partial charge in [-0.25, -0.2) is 0 Å². The first-order valence-electron chi connectivity index (χ1n) is 7.25. The van der Waals surface area contributed by atoms with E-state index in [0.29, 0.717) is 10.0 Å². The monoisotopic (exact) mass is 412 g/mol. The summed E-state index contributed by atoms with van der Waals surface area (Å²) in [6.45, 7) is 0. The summed E-state index contributed by atoms with van der Waals surface area (Å²) in [5, 5.41) is 14.2. The van der Waals surface area contributed by atoms with Crippen molar-refractivity contribution in [1.82, 2.24) is 5.01 Å². The van der Waals surface area contributed by atoms with Crippen LogP contribution in [0.25, 0.3) is 0 Å². The number of carbonyl (C=O) groups is 1. The Balaban J connectivity index is 2.08. The number of hydrazone groups is 1. The molecule has 0 unspecified atom stereocenters. The van der Waals surface area contributed by atoms with E-state index in [0.717, 1.165) is 0 Å². The summed E-state index contributed by atoms with van der Waals surface area (Å²) >= 11 is 3.13. The molecule has 25 heavy (non-hydrogen) atoms. The van der Waals surface area contributed by atoms with E-state index in [9.17, 15) is 23.1 Å². The summed E-state index contributed by atoms with van der Waals surface area (Å²) in [4.78, 5) is 12.6. The van der Waals surface area contributed by atoms with E-state index >= 15 is 0 Å². The maximum Gasteiger partial charge on any atom is 0.438 e. The van der Waals surface area contributed by atoms with E-state index < -0.39 is 24.2 Å². The van der Waals surface area contributed by atoms with Gasteiger partial charge in [-0.2, -0.15) is 23.3 Å². The summed E-state index contributed by atoms with van der Waals surface area (Å²) in [5.41, 5.74) is -3.03. The van der Waals surface area contributed by atoms with Gasteiger partial charge < -0.3 is 5.11 Å². The van der Waals surface area contributed by atoms with Crippen LogP contribution < -0.4 is 0 Å². The summed E-state index contributed by atoms with van der Waals surface area (Å²) < 4.78 is 40.9. The van der Waals surface area contributed by atoms with Gasteiger partial charge in [0.15, 0.2) is 0 Å². The van der Waals surface area contributed by atoms with Gasteiger partial charge in [-0.15, -0.1) is 0 Å². The first-order chi connectivity index (χ1) is 11.7.